The van der Waals surface area contributed by atoms with Gasteiger partial charge in [-0.25, -0.2) is 15.0 Å². The molecule has 4 heteroatoms. The topological polar surface area (TPSA) is 43.6 Å². The maximum Gasteiger partial charge on any atom is 0.237 e. The summed E-state index contributed by atoms with van der Waals surface area (Å²) in [7, 11) is 0. The molecule has 0 unspecified atom stereocenters. The summed E-state index contributed by atoms with van der Waals surface area (Å²) in [6, 6.07) is 26.5. The summed E-state index contributed by atoms with van der Waals surface area (Å²) in [5.74, 6) is 0.640. The molecule has 0 saturated carbocycles. The highest BCUT2D eigenvalue weighted by Crippen LogP contribution is 2.53. The number of nitrogens with zero attached hydrogens (tertiary/aromatic N) is 4. The Bertz CT molecular complexity index is 1690. The van der Waals surface area contributed by atoms with Gasteiger partial charge in [-0.05, 0) is 51.2 Å². The van der Waals surface area contributed by atoms with E-state index >= 15 is 0 Å². The smallest absolute Gasteiger partial charge is 0.237 e. The average molecular weight is 412 g/mol. The molecule has 152 valence electrons. The van der Waals surface area contributed by atoms with Crippen LogP contribution in [0, 0.1) is 0 Å². The molecule has 0 bridgehead atoms. The van der Waals surface area contributed by atoms with Gasteiger partial charge in [-0.15, -0.1) is 0 Å². The number of hydrogen-bond donors (Lipinski definition) is 0. The first-order valence-electron chi connectivity index (χ1n) is 10.9. The summed E-state index contributed by atoms with van der Waals surface area (Å²) < 4.78 is 2.16. The first-order chi connectivity index (χ1) is 15.6. The first-order valence-corrected chi connectivity index (χ1v) is 10.9. The van der Waals surface area contributed by atoms with Crippen molar-refractivity contribution in [3.8, 4) is 17.1 Å². The van der Waals surface area contributed by atoms with Crippen LogP contribution in [0.4, 0.5) is 0 Å². The van der Waals surface area contributed by atoms with Crippen molar-refractivity contribution in [2.24, 2.45) is 0 Å². The van der Waals surface area contributed by atoms with Crippen LogP contribution < -0.4 is 0 Å². The molecule has 0 atom stereocenters. The molecule has 4 aromatic carbocycles. The van der Waals surface area contributed by atoms with Crippen molar-refractivity contribution in [2.75, 3.05) is 0 Å². The van der Waals surface area contributed by atoms with Crippen molar-refractivity contribution >= 4 is 32.6 Å². The molecule has 2 aromatic heterocycles. The minimum Gasteiger partial charge on any atom is -0.278 e. The third-order valence-electron chi connectivity index (χ3n) is 7.04. The Morgan fingerprint density at radius 1 is 0.688 bits per heavy atom. The fourth-order valence-electron chi connectivity index (χ4n) is 5.53. The zero-order chi connectivity index (χ0) is 21.4. The van der Waals surface area contributed by atoms with Gasteiger partial charge in [0.05, 0.1) is 11.0 Å². The molecule has 7 rings (SSSR count). The van der Waals surface area contributed by atoms with Crippen LogP contribution in [0.25, 0.3) is 49.7 Å². The lowest BCUT2D eigenvalue weighted by atomic mass is 9.81. The largest absolute Gasteiger partial charge is 0.278 e. The fourth-order valence-corrected chi connectivity index (χ4v) is 5.53. The van der Waals surface area contributed by atoms with Crippen LogP contribution in [-0.2, 0) is 5.41 Å². The molecule has 2 heterocycles. The van der Waals surface area contributed by atoms with E-state index in [1.165, 1.54) is 43.8 Å². The molecule has 0 fully saturated rings. The van der Waals surface area contributed by atoms with Gasteiger partial charge in [0.2, 0.25) is 5.95 Å². The lowest BCUT2D eigenvalue weighted by Crippen LogP contribution is -2.14. The van der Waals surface area contributed by atoms with E-state index in [-0.39, 0.29) is 5.41 Å². The van der Waals surface area contributed by atoms with Crippen molar-refractivity contribution in [1.82, 2.24) is 19.5 Å². The number of hydrogen-bond acceptors (Lipinski definition) is 3. The molecule has 0 radical (unpaired) electrons. The SMILES string of the molecule is CC1(C)c2cc3c4ccccc4n(-c4ncncn4)c3cc2-c2c1ccc1ccccc21. The summed E-state index contributed by atoms with van der Waals surface area (Å²) in [6.07, 6.45) is 3.12. The Morgan fingerprint density at radius 3 is 2.28 bits per heavy atom. The van der Waals surface area contributed by atoms with E-state index in [2.05, 4.69) is 106 Å². The average Bonchev–Trinajstić information content (AvgIpc) is 3.27. The molecule has 0 amide bonds. The predicted octanol–water partition coefficient (Wildman–Crippen LogP) is 6.43. The van der Waals surface area contributed by atoms with Gasteiger partial charge in [0.25, 0.3) is 0 Å². The molecular weight excluding hydrogens is 392 g/mol. The predicted molar refractivity (Wildman–Crippen MR) is 129 cm³/mol. The van der Waals surface area contributed by atoms with Crippen molar-refractivity contribution < 1.29 is 0 Å². The van der Waals surface area contributed by atoms with Crippen LogP contribution in [0.2, 0.25) is 0 Å². The quantitative estimate of drug-likeness (QED) is 0.313. The third kappa shape index (κ3) is 2.14. The van der Waals surface area contributed by atoms with Crippen LogP contribution in [0.1, 0.15) is 25.0 Å². The van der Waals surface area contributed by atoms with Crippen LogP contribution in [-0.4, -0.2) is 19.5 Å². The van der Waals surface area contributed by atoms with Gasteiger partial charge in [-0.1, -0.05) is 68.4 Å². The van der Waals surface area contributed by atoms with E-state index in [1.807, 2.05) is 0 Å². The molecular formula is C28H20N4. The molecule has 6 aromatic rings. The van der Waals surface area contributed by atoms with Crippen molar-refractivity contribution in [1.29, 1.82) is 0 Å². The fraction of sp³-hybridized carbons (Fsp3) is 0.107. The lowest BCUT2D eigenvalue weighted by Gasteiger charge is -2.21. The van der Waals surface area contributed by atoms with Gasteiger partial charge in [0.15, 0.2) is 0 Å². The summed E-state index contributed by atoms with van der Waals surface area (Å²) in [5, 5.41) is 5.01. The number of benzene rings is 4. The standard InChI is InChI=1S/C28H20N4/c1-28(2)22-12-11-17-7-3-4-8-18(17)26(22)21-14-25-20(13-23(21)28)19-9-5-6-10-24(19)32(25)27-30-15-29-16-31-27/h3-16H,1-2H3. The van der Waals surface area contributed by atoms with Crippen LogP contribution in [0.3, 0.4) is 0 Å². The Hall–Kier alpha value is -4.05. The summed E-state index contributed by atoms with van der Waals surface area (Å²) in [6.45, 7) is 4.67. The van der Waals surface area contributed by atoms with E-state index in [0.717, 1.165) is 11.0 Å². The summed E-state index contributed by atoms with van der Waals surface area (Å²) >= 11 is 0. The normalized spacial score (nSPS) is 14.2. The van der Waals surface area contributed by atoms with E-state index in [0.29, 0.717) is 5.95 Å². The highest BCUT2D eigenvalue weighted by atomic mass is 15.2. The van der Waals surface area contributed by atoms with E-state index in [9.17, 15) is 0 Å². The molecule has 32 heavy (non-hydrogen) atoms. The minimum absolute atomic E-state index is 0.0702. The number of rotatable bonds is 1. The van der Waals surface area contributed by atoms with Crippen LogP contribution >= 0.6 is 0 Å². The van der Waals surface area contributed by atoms with Gasteiger partial charge in [0.1, 0.15) is 12.7 Å². The molecule has 0 aliphatic heterocycles. The van der Waals surface area contributed by atoms with Gasteiger partial charge in [-0.3, -0.25) is 4.57 Å². The second-order valence-electron chi connectivity index (χ2n) is 9.04. The maximum absolute atomic E-state index is 4.48. The number of para-hydroxylation sites is 1. The second-order valence-corrected chi connectivity index (χ2v) is 9.04. The molecule has 0 N–H and O–H groups in total. The van der Waals surface area contributed by atoms with E-state index in [1.54, 1.807) is 12.7 Å². The highest BCUT2D eigenvalue weighted by molar-refractivity contribution is 6.13. The van der Waals surface area contributed by atoms with E-state index in [4.69, 9.17) is 0 Å². The zero-order valence-corrected chi connectivity index (χ0v) is 17.9. The third-order valence-corrected chi connectivity index (χ3v) is 7.04. The van der Waals surface area contributed by atoms with Crippen molar-refractivity contribution in [3.05, 3.63) is 96.6 Å². The zero-order valence-electron chi connectivity index (χ0n) is 17.9. The van der Waals surface area contributed by atoms with E-state index < -0.39 is 0 Å². The highest BCUT2D eigenvalue weighted by Gasteiger charge is 2.37. The number of fused-ring (bicyclic) bond motifs is 8. The Balaban J connectivity index is 1.67. The summed E-state index contributed by atoms with van der Waals surface area (Å²) in [5.41, 5.74) is 7.55. The minimum atomic E-state index is -0.0702. The lowest BCUT2D eigenvalue weighted by molar-refractivity contribution is 0.661. The maximum atomic E-state index is 4.48. The number of aromatic nitrogens is 4. The van der Waals surface area contributed by atoms with Gasteiger partial charge >= 0.3 is 0 Å². The van der Waals surface area contributed by atoms with Crippen molar-refractivity contribution in [3.63, 3.8) is 0 Å². The van der Waals surface area contributed by atoms with Gasteiger partial charge in [0, 0.05) is 16.2 Å². The van der Waals surface area contributed by atoms with Crippen LogP contribution in [0.5, 0.6) is 0 Å². The molecule has 4 nitrogen and oxygen atoms in total. The van der Waals surface area contributed by atoms with Gasteiger partial charge < -0.3 is 0 Å². The van der Waals surface area contributed by atoms with Crippen LogP contribution in [0.15, 0.2) is 85.5 Å². The monoisotopic (exact) mass is 412 g/mol. The summed E-state index contributed by atoms with van der Waals surface area (Å²) in [4.78, 5) is 13.0. The Morgan fingerprint density at radius 2 is 1.44 bits per heavy atom. The Kier molecular flexibility index (Phi) is 3.31. The molecule has 0 saturated heterocycles. The molecule has 1 aliphatic carbocycles. The molecule has 1 aliphatic rings. The van der Waals surface area contributed by atoms with Gasteiger partial charge in [-0.2, -0.15) is 0 Å². The Labute approximate surface area is 185 Å². The second kappa shape index (κ2) is 6.01. The molecule has 0 spiro atoms. The first kappa shape index (κ1) is 17.6. The van der Waals surface area contributed by atoms with Crippen molar-refractivity contribution in [2.45, 2.75) is 19.3 Å².